The van der Waals surface area contributed by atoms with Gasteiger partial charge in [-0.3, -0.25) is 9.69 Å². The molecule has 25 heavy (non-hydrogen) atoms. The molecule has 0 unspecified atom stereocenters. The molecule has 0 saturated carbocycles. The van der Waals surface area contributed by atoms with Gasteiger partial charge in [0, 0.05) is 12.1 Å². The van der Waals surface area contributed by atoms with Crippen LogP contribution in [0, 0.1) is 6.92 Å². The van der Waals surface area contributed by atoms with Gasteiger partial charge in [-0.05, 0) is 48.9 Å². The molecule has 0 radical (unpaired) electrons. The molecule has 1 heterocycles. The second kappa shape index (κ2) is 8.19. The molecule has 1 aliphatic heterocycles. The highest BCUT2D eigenvalue weighted by Gasteiger charge is 2.29. The smallest absolute Gasteiger partial charge is 0.320 e. The molecule has 1 fully saturated rings. The van der Waals surface area contributed by atoms with Crippen LogP contribution in [0.15, 0.2) is 12.1 Å². The number of carboxylic acids is 1. The number of likely N-dealkylation sites (tertiary alicyclic amines) is 1. The number of hydrogen-bond acceptors (Lipinski definition) is 4. The van der Waals surface area contributed by atoms with Gasteiger partial charge in [0.05, 0.1) is 6.61 Å². The maximum absolute atomic E-state index is 11.6. The minimum Gasteiger partial charge on any atom is -0.491 e. The number of carbonyl (C=O) groups is 1. The molecule has 5 heteroatoms. The molecule has 1 aromatic carbocycles. The molecule has 0 amide bonds. The summed E-state index contributed by atoms with van der Waals surface area (Å²) in [5.41, 5.74) is 3.38. The van der Waals surface area contributed by atoms with Crippen molar-refractivity contribution >= 4 is 5.97 Å². The fraction of sp³-hybridized carbons (Fsp3) is 0.650. The summed E-state index contributed by atoms with van der Waals surface area (Å²) >= 11 is 0. The van der Waals surface area contributed by atoms with E-state index in [2.05, 4.69) is 39.8 Å². The van der Waals surface area contributed by atoms with Crippen molar-refractivity contribution in [3.63, 3.8) is 0 Å². The summed E-state index contributed by atoms with van der Waals surface area (Å²) in [6.45, 7) is 10.1. The summed E-state index contributed by atoms with van der Waals surface area (Å²) in [4.78, 5) is 13.6. The lowest BCUT2D eigenvalue weighted by Crippen LogP contribution is -2.44. The number of carboxylic acid groups (broad SMARTS) is 1. The number of aliphatic hydroxyl groups excluding tert-OH is 1. The average molecular weight is 349 g/mol. The number of aliphatic carboxylic acids is 1. The molecule has 0 aliphatic carbocycles. The van der Waals surface area contributed by atoms with Gasteiger partial charge < -0.3 is 14.9 Å². The lowest BCUT2D eigenvalue weighted by molar-refractivity contribution is -0.144. The van der Waals surface area contributed by atoms with Gasteiger partial charge in [-0.25, -0.2) is 0 Å². The Morgan fingerprint density at radius 1 is 1.32 bits per heavy atom. The maximum atomic E-state index is 11.6. The molecule has 0 aromatic heterocycles. The van der Waals surface area contributed by atoms with Crippen LogP contribution in [-0.2, 0) is 16.8 Å². The molecular weight excluding hydrogens is 318 g/mol. The van der Waals surface area contributed by atoms with E-state index in [1.54, 1.807) is 0 Å². The van der Waals surface area contributed by atoms with Gasteiger partial charge in [0.1, 0.15) is 18.4 Å². The first kappa shape index (κ1) is 19.7. The predicted molar refractivity (Wildman–Crippen MR) is 98.1 cm³/mol. The highest BCUT2D eigenvalue weighted by atomic mass is 16.5. The van der Waals surface area contributed by atoms with Crippen molar-refractivity contribution in [2.75, 3.05) is 19.8 Å². The third-order valence-electron chi connectivity index (χ3n) is 4.84. The van der Waals surface area contributed by atoms with Crippen LogP contribution in [0.5, 0.6) is 5.75 Å². The number of nitrogens with zero attached hydrogens (tertiary/aromatic N) is 1. The number of aliphatic hydroxyl groups is 1. The Morgan fingerprint density at radius 2 is 2.04 bits per heavy atom. The largest absolute Gasteiger partial charge is 0.491 e. The summed E-state index contributed by atoms with van der Waals surface area (Å²) in [7, 11) is 0. The Bertz CT molecular complexity index is 606. The zero-order valence-electron chi connectivity index (χ0n) is 15.8. The van der Waals surface area contributed by atoms with Gasteiger partial charge in [-0.1, -0.05) is 33.3 Å². The van der Waals surface area contributed by atoms with Crippen molar-refractivity contribution in [3.8, 4) is 5.75 Å². The number of piperidine rings is 1. The zero-order chi connectivity index (χ0) is 18.6. The molecule has 2 N–H and O–H groups in total. The van der Waals surface area contributed by atoms with E-state index < -0.39 is 12.0 Å². The molecule has 1 atom stereocenters. The number of rotatable bonds is 6. The SMILES string of the molecule is Cc1cc(CN2CCCC[C@H]2C(=O)O)c(OCCO)cc1C(C)(C)C. The molecule has 140 valence electrons. The van der Waals surface area contributed by atoms with Crippen LogP contribution in [0.1, 0.15) is 56.7 Å². The summed E-state index contributed by atoms with van der Waals surface area (Å²) in [6, 6.07) is 3.74. The highest BCUT2D eigenvalue weighted by Crippen LogP contribution is 2.33. The molecule has 0 bridgehead atoms. The van der Waals surface area contributed by atoms with E-state index in [1.807, 2.05) is 4.90 Å². The Labute approximate surface area is 150 Å². The van der Waals surface area contributed by atoms with Crippen molar-refractivity contribution in [2.45, 2.75) is 65.0 Å². The van der Waals surface area contributed by atoms with E-state index in [-0.39, 0.29) is 18.6 Å². The Hall–Kier alpha value is -1.59. The molecule has 5 nitrogen and oxygen atoms in total. The van der Waals surface area contributed by atoms with E-state index in [0.29, 0.717) is 13.0 Å². The Morgan fingerprint density at radius 3 is 2.64 bits per heavy atom. The predicted octanol–water partition coefficient (Wildman–Crippen LogP) is 3.10. The first-order valence-electron chi connectivity index (χ1n) is 9.08. The second-order valence-corrected chi connectivity index (χ2v) is 7.92. The fourth-order valence-electron chi connectivity index (χ4n) is 3.65. The first-order valence-corrected chi connectivity index (χ1v) is 9.08. The number of benzene rings is 1. The van der Waals surface area contributed by atoms with Crippen molar-refractivity contribution < 1.29 is 19.7 Å². The Kier molecular flexibility index (Phi) is 6.47. The third kappa shape index (κ3) is 4.95. The lowest BCUT2D eigenvalue weighted by atomic mass is 9.83. The maximum Gasteiger partial charge on any atom is 0.320 e. The van der Waals surface area contributed by atoms with Gasteiger partial charge in [0.2, 0.25) is 0 Å². The normalized spacial score (nSPS) is 19.0. The van der Waals surface area contributed by atoms with Crippen LogP contribution in [0.25, 0.3) is 0 Å². The molecular formula is C20H31NO4. The summed E-state index contributed by atoms with van der Waals surface area (Å²) in [5.74, 6) is -0.000141. The average Bonchev–Trinajstić information content (AvgIpc) is 2.53. The van der Waals surface area contributed by atoms with Crippen LogP contribution in [-0.4, -0.2) is 46.9 Å². The number of hydrogen-bond donors (Lipinski definition) is 2. The van der Waals surface area contributed by atoms with Crippen molar-refractivity contribution in [1.82, 2.24) is 4.90 Å². The molecule has 1 saturated heterocycles. The fourth-order valence-corrected chi connectivity index (χ4v) is 3.65. The van der Waals surface area contributed by atoms with E-state index in [9.17, 15) is 9.90 Å². The van der Waals surface area contributed by atoms with Crippen LogP contribution in [0.2, 0.25) is 0 Å². The zero-order valence-corrected chi connectivity index (χ0v) is 15.8. The van der Waals surface area contributed by atoms with Crippen molar-refractivity contribution in [2.24, 2.45) is 0 Å². The first-order chi connectivity index (χ1) is 11.7. The third-order valence-corrected chi connectivity index (χ3v) is 4.84. The summed E-state index contributed by atoms with van der Waals surface area (Å²) in [5, 5.41) is 18.6. The minimum absolute atomic E-state index is 0.00530. The molecule has 2 rings (SSSR count). The highest BCUT2D eigenvalue weighted by molar-refractivity contribution is 5.73. The number of aryl methyl sites for hydroxylation is 1. The van der Waals surface area contributed by atoms with Crippen LogP contribution in [0.4, 0.5) is 0 Å². The number of ether oxygens (including phenoxy) is 1. The van der Waals surface area contributed by atoms with Gasteiger partial charge in [-0.2, -0.15) is 0 Å². The monoisotopic (exact) mass is 349 g/mol. The van der Waals surface area contributed by atoms with Gasteiger partial charge in [-0.15, -0.1) is 0 Å². The summed E-state index contributed by atoms with van der Waals surface area (Å²) in [6.07, 6.45) is 2.68. The van der Waals surface area contributed by atoms with Crippen molar-refractivity contribution in [1.29, 1.82) is 0 Å². The summed E-state index contributed by atoms with van der Waals surface area (Å²) < 4.78 is 5.79. The van der Waals surface area contributed by atoms with E-state index in [4.69, 9.17) is 9.84 Å². The standard InChI is InChI=1S/C20H31NO4/c1-14-11-15(13-21-8-6-5-7-17(21)19(23)24)18(25-10-9-22)12-16(14)20(2,3)4/h11-12,17,22H,5-10,13H2,1-4H3,(H,23,24)/t17-/m0/s1. The van der Waals surface area contributed by atoms with E-state index in [1.165, 1.54) is 11.1 Å². The quantitative estimate of drug-likeness (QED) is 0.826. The second-order valence-electron chi connectivity index (χ2n) is 7.92. The van der Waals surface area contributed by atoms with E-state index in [0.717, 1.165) is 30.7 Å². The van der Waals surface area contributed by atoms with Gasteiger partial charge >= 0.3 is 5.97 Å². The van der Waals surface area contributed by atoms with E-state index >= 15 is 0 Å². The lowest BCUT2D eigenvalue weighted by Gasteiger charge is -2.33. The molecule has 1 aliphatic rings. The van der Waals surface area contributed by atoms with Crippen LogP contribution >= 0.6 is 0 Å². The van der Waals surface area contributed by atoms with Crippen LogP contribution in [0.3, 0.4) is 0 Å². The van der Waals surface area contributed by atoms with Crippen LogP contribution < -0.4 is 4.74 Å². The molecule has 0 spiro atoms. The Balaban J connectivity index is 2.34. The van der Waals surface area contributed by atoms with Gasteiger partial charge in [0.25, 0.3) is 0 Å². The minimum atomic E-state index is -0.749. The van der Waals surface area contributed by atoms with Crippen molar-refractivity contribution in [3.05, 3.63) is 28.8 Å². The molecule has 1 aromatic rings. The topological polar surface area (TPSA) is 70.0 Å². The van der Waals surface area contributed by atoms with Gasteiger partial charge in [0.15, 0.2) is 0 Å².